The SMILES string of the molecule is COc1cc([C@H]2NC(=S)NC(C)=C2C(=O)OC(C)(C)C)cc(OC)c1OC. The molecule has 1 aromatic carbocycles. The first-order valence-corrected chi connectivity index (χ1v) is 8.83. The molecule has 7 nitrogen and oxygen atoms in total. The quantitative estimate of drug-likeness (QED) is 0.583. The van der Waals surface area contributed by atoms with E-state index in [0.29, 0.717) is 33.6 Å². The van der Waals surface area contributed by atoms with Gasteiger partial charge in [-0.15, -0.1) is 0 Å². The first-order valence-electron chi connectivity index (χ1n) is 8.42. The third kappa shape index (κ3) is 4.63. The summed E-state index contributed by atoms with van der Waals surface area (Å²) in [4.78, 5) is 12.9. The minimum atomic E-state index is -0.623. The number of carbonyl (C=O) groups is 1. The molecule has 8 heteroatoms. The van der Waals surface area contributed by atoms with Gasteiger partial charge in [0, 0.05) is 5.70 Å². The van der Waals surface area contributed by atoms with Crippen LogP contribution in [0.1, 0.15) is 39.3 Å². The standard InChI is InChI=1S/C19H26N2O5S/c1-10-14(17(22)26-19(2,3)4)15(21-18(27)20-10)11-8-12(23-5)16(25-7)13(9-11)24-6/h8-9,15H,1-7H3,(H2,20,21,27)/t15-/m1/s1. The Hall–Kier alpha value is -2.48. The third-order valence-corrected chi connectivity index (χ3v) is 4.13. The molecule has 0 aliphatic carbocycles. The van der Waals surface area contributed by atoms with E-state index >= 15 is 0 Å². The molecule has 0 amide bonds. The first kappa shape index (κ1) is 20.8. The molecule has 0 spiro atoms. The molecule has 27 heavy (non-hydrogen) atoms. The van der Waals surface area contributed by atoms with Crippen LogP contribution in [0.4, 0.5) is 0 Å². The van der Waals surface area contributed by atoms with Crippen molar-refractivity contribution in [2.45, 2.75) is 39.3 Å². The Labute approximate surface area is 165 Å². The predicted molar refractivity (Wildman–Crippen MR) is 106 cm³/mol. The molecular weight excluding hydrogens is 368 g/mol. The van der Waals surface area contributed by atoms with Crippen LogP contribution in [0, 0.1) is 0 Å². The Morgan fingerprint density at radius 2 is 1.63 bits per heavy atom. The van der Waals surface area contributed by atoms with Crippen LogP contribution in [-0.4, -0.2) is 38.0 Å². The molecule has 0 aromatic heterocycles. The van der Waals surface area contributed by atoms with Gasteiger partial charge in [-0.2, -0.15) is 0 Å². The molecule has 148 valence electrons. The smallest absolute Gasteiger partial charge is 0.338 e. The van der Waals surface area contributed by atoms with Gasteiger partial charge >= 0.3 is 5.97 Å². The molecule has 2 rings (SSSR count). The monoisotopic (exact) mass is 394 g/mol. The molecule has 0 fully saturated rings. The Morgan fingerprint density at radius 1 is 1.07 bits per heavy atom. The van der Waals surface area contributed by atoms with Crippen LogP contribution in [0.15, 0.2) is 23.4 Å². The zero-order valence-corrected chi connectivity index (χ0v) is 17.5. The van der Waals surface area contributed by atoms with Crippen molar-refractivity contribution in [2.24, 2.45) is 0 Å². The van der Waals surface area contributed by atoms with E-state index in [-0.39, 0.29) is 0 Å². The molecule has 0 bridgehead atoms. The number of benzene rings is 1. The second-order valence-electron chi connectivity index (χ2n) is 7.03. The van der Waals surface area contributed by atoms with Crippen molar-refractivity contribution in [3.8, 4) is 17.2 Å². The van der Waals surface area contributed by atoms with Gasteiger partial charge in [0.05, 0.1) is 32.9 Å². The molecule has 0 unspecified atom stereocenters. The average molecular weight is 394 g/mol. The topological polar surface area (TPSA) is 78.1 Å². The highest BCUT2D eigenvalue weighted by Gasteiger charge is 2.34. The van der Waals surface area contributed by atoms with Crippen molar-refractivity contribution in [2.75, 3.05) is 21.3 Å². The minimum Gasteiger partial charge on any atom is -0.493 e. The lowest BCUT2D eigenvalue weighted by Crippen LogP contribution is -2.45. The van der Waals surface area contributed by atoms with Crippen molar-refractivity contribution < 1.29 is 23.7 Å². The lowest BCUT2D eigenvalue weighted by atomic mass is 9.94. The summed E-state index contributed by atoms with van der Waals surface area (Å²) in [6.07, 6.45) is 0. The number of rotatable bonds is 5. The lowest BCUT2D eigenvalue weighted by Gasteiger charge is -2.32. The molecule has 1 aliphatic heterocycles. The van der Waals surface area contributed by atoms with E-state index < -0.39 is 17.6 Å². The van der Waals surface area contributed by atoms with Gasteiger partial charge in [0.15, 0.2) is 16.6 Å². The molecule has 0 saturated carbocycles. The van der Waals surface area contributed by atoms with Crippen LogP contribution in [0.3, 0.4) is 0 Å². The summed E-state index contributed by atoms with van der Waals surface area (Å²) >= 11 is 5.28. The average Bonchev–Trinajstić information content (AvgIpc) is 2.57. The van der Waals surface area contributed by atoms with Crippen LogP contribution in [0.2, 0.25) is 0 Å². The molecule has 1 aliphatic rings. The van der Waals surface area contributed by atoms with Crippen molar-refractivity contribution in [1.29, 1.82) is 0 Å². The highest BCUT2D eigenvalue weighted by Crippen LogP contribution is 2.41. The Morgan fingerprint density at radius 3 is 2.07 bits per heavy atom. The van der Waals surface area contributed by atoms with Crippen molar-refractivity contribution >= 4 is 23.3 Å². The lowest BCUT2D eigenvalue weighted by molar-refractivity contribution is -0.150. The fourth-order valence-corrected chi connectivity index (χ4v) is 3.09. The fourth-order valence-electron chi connectivity index (χ4n) is 2.82. The number of thiocarbonyl (C=S) groups is 1. The minimum absolute atomic E-state index is 0.415. The van der Waals surface area contributed by atoms with E-state index in [2.05, 4.69) is 10.6 Å². The number of hydrogen-bond donors (Lipinski definition) is 2. The van der Waals surface area contributed by atoms with Gasteiger partial charge in [-0.25, -0.2) is 4.79 Å². The number of hydrogen-bond acceptors (Lipinski definition) is 6. The van der Waals surface area contributed by atoms with Gasteiger partial charge in [-0.05, 0) is 57.6 Å². The van der Waals surface area contributed by atoms with Crippen molar-refractivity contribution in [1.82, 2.24) is 10.6 Å². The number of ether oxygens (including phenoxy) is 4. The highest BCUT2D eigenvalue weighted by atomic mass is 32.1. The van der Waals surface area contributed by atoms with Gasteiger partial charge in [-0.1, -0.05) is 0 Å². The maximum Gasteiger partial charge on any atom is 0.338 e. The van der Waals surface area contributed by atoms with E-state index in [9.17, 15) is 4.79 Å². The summed E-state index contributed by atoms with van der Waals surface area (Å²) in [6, 6.07) is 3.04. The Bertz CT molecular complexity index is 758. The van der Waals surface area contributed by atoms with Crippen LogP contribution >= 0.6 is 12.2 Å². The maximum atomic E-state index is 12.9. The molecule has 2 N–H and O–H groups in total. The normalized spacial score (nSPS) is 17.0. The summed E-state index contributed by atoms with van der Waals surface area (Å²) in [5, 5.41) is 6.53. The summed E-state index contributed by atoms with van der Waals surface area (Å²) < 4.78 is 21.8. The summed E-state index contributed by atoms with van der Waals surface area (Å²) in [7, 11) is 4.61. The van der Waals surface area contributed by atoms with Crippen LogP contribution in [0.5, 0.6) is 17.2 Å². The molecule has 1 heterocycles. The van der Waals surface area contributed by atoms with Crippen LogP contribution in [-0.2, 0) is 9.53 Å². The zero-order chi connectivity index (χ0) is 20.4. The summed E-state index contributed by atoms with van der Waals surface area (Å²) in [6.45, 7) is 7.26. The molecule has 0 saturated heterocycles. The van der Waals surface area contributed by atoms with E-state index in [4.69, 9.17) is 31.2 Å². The molecular formula is C19H26N2O5S. The third-order valence-electron chi connectivity index (χ3n) is 3.91. The molecule has 1 aromatic rings. The van der Waals surface area contributed by atoms with Crippen molar-refractivity contribution in [3.05, 3.63) is 29.0 Å². The zero-order valence-electron chi connectivity index (χ0n) is 16.7. The van der Waals surface area contributed by atoms with Crippen LogP contribution < -0.4 is 24.8 Å². The Kier molecular flexibility index (Phi) is 6.20. The van der Waals surface area contributed by atoms with Gasteiger partial charge in [0.2, 0.25) is 5.75 Å². The van der Waals surface area contributed by atoms with E-state index in [0.717, 1.165) is 5.56 Å². The first-order chi connectivity index (χ1) is 12.6. The number of esters is 1. The van der Waals surface area contributed by atoms with Gasteiger partial charge in [-0.3, -0.25) is 0 Å². The van der Waals surface area contributed by atoms with E-state index in [1.807, 2.05) is 20.8 Å². The molecule has 1 atom stereocenters. The largest absolute Gasteiger partial charge is 0.493 e. The number of nitrogens with one attached hydrogen (secondary N) is 2. The van der Waals surface area contributed by atoms with Gasteiger partial charge < -0.3 is 29.6 Å². The number of allylic oxidation sites excluding steroid dienone is 1. The van der Waals surface area contributed by atoms with E-state index in [1.54, 1.807) is 19.1 Å². The number of carbonyl (C=O) groups excluding carboxylic acids is 1. The molecule has 0 radical (unpaired) electrons. The predicted octanol–water partition coefficient (Wildman–Crippen LogP) is 2.85. The van der Waals surface area contributed by atoms with Crippen molar-refractivity contribution in [3.63, 3.8) is 0 Å². The fraction of sp³-hybridized carbons (Fsp3) is 0.474. The van der Waals surface area contributed by atoms with E-state index in [1.165, 1.54) is 21.3 Å². The summed E-state index contributed by atoms with van der Waals surface area (Å²) in [5.74, 6) is 1.01. The second-order valence-corrected chi connectivity index (χ2v) is 7.44. The number of methoxy groups -OCH3 is 3. The maximum absolute atomic E-state index is 12.9. The second kappa shape index (κ2) is 8.04. The summed E-state index contributed by atoms with van der Waals surface area (Å²) in [5.41, 5.74) is 1.18. The van der Waals surface area contributed by atoms with Gasteiger partial charge in [0.25, 0.3) is 0 Å². The highest BCUT2D eigenvalue weighted by molar-refractivity contribution is 7.80. The van der Waals surface area contributed by atoms with Gasteiger partial charge in [0.1, 0.15) is 5.60 Å². The van der Waals surface area contributed by atoms with Crippen LogP contribution in [0.25, 0.3) is 0 Å². The Balaban J connectivity index is 2.58.